The van der Waals surface area contributed by atoms with Crippen molar-refractivity contribution < 1.29 is 14.7 Å². The number of amides is 1. The van der Waals surface area contributed by atoms with Crippen molar-refractivity contribution in [2.24, 2.45) is 18.4 Å². The van der Waals surface area contributed by atoms with Crippen LogP contribution in [0.4, 0.5) is 0 Å². The average Bonchev–Trinajstić information content (AvgIpc) is 2.79. The van der Waals surface area contributed by atoms with Gasteiger partial charge in [0.25, 0.3) is 0 Å². The predicted octanol–water partition coefficient (Wildman–Crippen LogP) is 2.37. The van der Waals surface area contributed by atoms with Crippen molar-refractivity contribution in [1.29, 1.82) is 0 Å². The molecule has 24 heavy (non-hydrogen) atoms. The smallest absolute Gasteiger partial charge is 0.311 e. The van der Waals surface area contributed by atoms with Crippen LogP contribution in [-0.4, -0.2) is 33.3 Å². The van der Waals surface area contributed by atoms with Gasteiger partial charge in [0.2, 0.25) is 5.91 Å². The Morgan fingerprint density at radius 3 is 2.42 bits per heavy atom. The number of carbonyl (C=O) groups is 2. The molecule has 1 atom stereocenters. The number of aliphatic carboxylic acids is 1. The number of nitrogens with zero attached hydrogens (tertiary/aromatic N) is 2. The summed E-state index contributed by atoms with van der Waals surface area (Å²) in [6, 6.07) is 0. The molecule has 2 N–H and O–H groups in total. The van der Waals surface area contributed by atoms with Gasteiger partial charge in [-0.15, -0.1) is 0 Å². The third-order valence-corrected chi connectivity index (χ3v) is 5.48. The monoisotopic (exact) mass is 335 g/mol. The molecule has 0 radical (unpaired) electrons. The van der Waals surface area contributed by atoms with Crippen LogP contribution in [0.2, 0.25) is 0 Å². The van der Waals surface area contributed by atoms with Gasteiger partial charge in [0.15, 0.2) is 0 Å². The lowest BCUT2D eigenvalue weighted by molar-refractivity contribution is -0.151. The molecule has 0 aromatic carbocycles. The van der Waals surface area contributed by atoms with Crippen LogP contribution >= 0.6 is 0 Å². The third-order valence-electron chi connectivity index (χ3n) is 5.48. The first-order valence-corrected chi connectivity index (χ1v) is 8.77. The van der Waals surface area contributed by atoms with E-state index in [1.54, 1.807) is 0 Å². The second kappa shape index (κ2) is 7.36. The number of aromatic nitrogens is 2. The zero-order chi connectivity index (χ0) is 17.9. The zero-order valence-corrected chi connectivity index (χ0v) is 15.2. The second-order valence-corrected chi connectivity index (χ2v) is 7.24. The Morgan fingerprint density at radius 2 is 1.92 bits per heavy atom. The summed E-state index contributed by atoms with van der Waals surface area (Å²) >= 11 is 0. The molecule has 1 aliphatic rings. The molecule has 1 aromatic rings. The highest BCUT2D eigenvalue weighted by atomic mass is 16.4. The third kappa shape index (κ3) is 3.79. The van der Waals surface area contributed by atoms with Gasteiger partial charge in [-0.25, -0.2) is 0 Å². The first-order chi connectivity index (χ1) is 11.3. The van der Waals surface area contributed by atoms with Crippen molar-refractivity contribution in [2.45, 2.75) is 59.3 Å². The molecule has 0 aliphatic heterocycles. The fourth-order valence-electron chi connectivity index (χ4n) is 3.64. The van der Waals surface area contributed by atoms with Crippen LogP contribution < -0.4 is 5.32 Å². The lowest BCUT2D eigenvalue weighted by atomic mass is 9.74. The number of aryl methyl sites for hydroxylation is 2. The van der Waals surface area contributed by atoms with Crippen LogP contribution in [0, 0.1) is 25.2 Å². The Bertz CT molecular complexity index is 615. The molecule has 1 saturated carbocycles. The number of rotatable bonds is 6. The van der Waals surface area contributed by atoms with E-state index in [-0.39, 0.29) is 18.4 Å². The van der Waals surface area contributed by atoms with Gasteiger partial charge >= 0.3 is 5.97 Å². The van der Waals surface area contributed by atoms with E-state index in [4.69, 9.17) is 0 Å². The molecule has 2 rings (SSSR count). The van der Waals surface area contributed by atoms with Crippen LogP contribution in [0.25, 0.3) is 0 Å². The first-order valence-electron chi connectivity index (χ1n) is 8.77. The minimum absolute atomic E-state index is 0.0798. The average molecular weight is 335 g/mol. The van der Waals surface area contributed by atoms with Gasteiger partial charge in [0, 0.05) is 25.2 Å². The molecule has 0 saturated heterocycles. The van der Waals surface area contributed by atoms with Crippen molar-refractivity contribution in [3.05, 3.63) is 17.0 Å². The van der Waals surface area contributed by atoms with Crippen LogP contribution in [0.1, 0.15) is 56.0 Å². The quantitative estimate of drug-likeness (QED) is 0.836. The first kappa shape index (κ1) is 18.5. The number of carbonyl (C=O) groups excluding carboxylic acids is 1. The summed E-state index contributed by atoms with van der Waals surface area (Å²) in [5.41, 5.74) is 2.34. The molecule has 1 unspecified atom stereocenters. The maximum atomic E-state index is 12.5. The molecule has 1 heterocycles. The predicted molar refractivity (Wildman–Crippen MR) is 91.7 cm³/mol. The van der Waals surface area contributed by atoms with E-state index in [1.807, 2.05) is 32.5 Å². The Hall–Kier alpha value is -1.85. The van der Waals surface area contributed by atoms with E-state index >= 15 is 0 Å². The maximum absolute atomic E-state index is 12.5. The van der Waals surface area contributed by atoms with Crippen molar-refractivity contribution in [2.75, 3.05) is 6.54 Å². The molecule has 1 amide bonds. The molecule has 6 heteroatoms. The highest BCUT2D eigenvalue weighted by Gasteiger charge is 2.40. The van der Waals surface area contributed by atoms with Gasteiger partial charge in [0.1, 0.15) is 0 Å². The minimum atomic E-state index is -0.784. The SMILES string of the molecule is Cc1nn(C)c(C)c1CC(C)C(=O)NCC1(C(=O)O)CCCCC1. The molecule has 6 nitrogen and oxygen atoms in total. The van der Waals surface area contributed by atoms with Gasteiger partial charge in [-0.2, -0.15) is 5.10 Å². The van der Waals surface area contributed by atoms with Crippen LogP contribution in [0.15, 0.2) is 0 Å². The summed E-state index contributed by atoms with van der Waals surface area (Å²) in [6.45, 7) is 6.07. The van der Waals surface area contributed by atoms with Crippen LogP contribution in [-0.2, 0) is 23.1 Å². The van der Waals surface area contributed by atoms with E-state index in [0.717, 1.165) is 36.2 Å². The van der Waals surface area contributed by atoms with Crippen molar-refractivity contribution >= 4 is 11.9 Å². The molecule has 1 fully saturated rings. The van der Waals surface area contributed by atoms with Gasteiger partial charge < -0.3 is 10.4 Å². The molecular weight excluding hydrogens is 306 g/mol. The lowest BCUT2D eigenvalue weighted by Crippen LogP contribution is -2.45. The second-order valence-electron chi connectivity index (χ2n) is 7.24. The number of carboxylic acid groups (broad SMARTS) is 1. The molecule has 0 spiro atoms. The van der Waals surface area contributed by atoms with Crippen molar-refractivity contribution in [3.8, 4) is 0 Å². The number of hydrogen-bond acceptors (Lipinski definition) is 3. The zero-order valence-electron chi connectivity index (χ0n) is 15.2. The Morgan fingerprint density at radius 1 is 1.29 bits per heavy atom. The van der Waals surface area contributed by atoms with E-state index in [2.05, 4.69) is 10.4 Å². The number of carboxylic acids is 1. The largest absolute Gasteiger partial charge is 0.481 e. The summed E-state index contributed by atoms with van der Waals surface area (Å²) in [4.78, 5) is 24.1. The Labute approximate surface area is 143 Å². The molecule has 134 valence electrons. The summed E-state index contributed by atoms with van der Waals surface area (Å²) in [5.74, 6) is -1.07. The van der Waals surface area contributed by atoms with Crippen LogP contribution in [0.3, 0.4) is 0 Å². The van der Waals surface area contributed by atoms with E-state index in [0.29, 0.717) is 19.3 Å². The van der Waals surface area contributed by atoms with Gasteiger partial charge in [-0.1, -0.05) is 26.2 Å². The van der Waals surface area contributed by atoms with Crippen molar-refractivity contribution in [1.82, 2.24) is 15.1 Å². The molecule has 0 bridgehead atoms. The normalized spacial score (nSPS) is 18.2. The minimum Gasteiger partial charge on any atom is -0.481 e. The summed E-state index contributed by atoms with van der Waals surface area (Å²) in [6.07, 6.45) is 4.85. The maximum Gasteiger partial charge on any atom is 0.311 e. The molecule has 1 aromatic heterocycles. The molecular formula is C18H29N3O3. The standard InChI is InChI=1S/C18H29N3O3/c1-12(10-15-13(2)20-21(4)14(15)3)16(22)19-11-18(17(23)24)8-6-5-7-9-18/h12H,5-11H2,1-4H3,(H,19,22)(H,23,24). The van der Waals surface area contributed by atoms with Crippen LogP contribution in [0.5, 0.6) is 0 Å². The van der Waals surface area contributed by atoms with Crippen molar-refractivity contribution in [3.63, 3.8) is 0 Å². The van der Waals surface area contributed by atoms with Gasteiger partial charge in [-0.05, 0) is 38.7 Å². The van der Waals surface area contributed by atoms with Gasteiger partial charge in [-0.3, -0.25) is 14.3 Å². The lowest BCUT2D eigenvalue weighted by Gasteiger charge is -2.33. The summed E-state index contributed by atoms with van der Waals surface area (Å²) < 4.78 is 1.83. The Kier molecular flexibility index (Phi) is 5.67. The number of hydrogen-bond donors (Lipinski definition) is 2. The van der Waals surface area contributed by atoms with E-state index in [1.165, 1.54) is 0 Å². The Balaban J connectivity index is 1.97. The fourth-order valence-corrected chi connectivity index (χ4v) is 3.64. The highest BCUT2D eigenvalue weighted by Crippen LogP contribution is 2.36. The van der Waals surface area contributed by atoms with E-state index in [9.17, 15) is 14.7 Å². The topological polar surface area (TPSA) is 84.2 Å². The highest BCUT2D eigenvalue weighted by molar-refractivity contribution is 5.80. The summed E-state index contributed by atoms with van der Waals surface area (Å²) in [5, 5.41) is 16.9. The van der Waals surface area contributed by atoms with Gasteiger partial charge in [0.05, 0.1) is 11.1 Å². The molecule has 1 aliphatic carbocycles. The van der Waals surface area contributed by atoms with E-state index < -0.39 is 11.4 Å². The number of nitrogens with one attached hydrogen (secondary N) is 1. The fraction of sp³-hybridized carbons (Fsp3) is 0.722. The summed E-state index contributed by atoms with van der Waals surface area (Å²) in [7, 11) is 1.90.